The van der Waals surface area contributed by atoms with Crippen molar-refractivity contribution < 1.29 is 18.8 Å². The maximum atomic E-state index is 13.1. The quantitative estimate of drug-likeness (QED) is 0.656. The summed E-state index contributed by atoms with van der Waals surface area (Å²) in [6.07, 6.45) is 6.11. The lowest BCUT2D eigenvalue weighted by Crippen LogP contribution is -2.46. The highest BCUT2D eigenvalue weighted by Gasteiger charge is 2.21. The van der Waals surface area contributed by atoms with Gasteiger partial charge in [0.1, 0.15) is 27.2 Å². The van der Waals surface area contributed by atoms with Gasteiger partial charge in [-0.2, -0.15) is 0 Å². The molecule has 0 saturated carbocycles. The zero-order valence-corrected chi connectivity index (χ0v) is 16.4. The molecule has 1 amide bonds. The van der Waals surface area contributed by atoms with Crippen LogP contribution in [0.5, 0.6) is 0 Å². The Morgan fingerprint density at radius 1 is 1.32 bits per heavy atom. The van der Waals surface area contributed by atoms with E-state index in [0.717, 1.165) is 6.20 Å². The van der Waals surface area contributed by atoms with Crippen LogP contribution >= 0.6 is 11.3 Å². The van der Waals surface area contributed by atoms with Crippen molar-refractivity contribution in [1.29, 1.82) is 0 Å². The predicted octanol–water partition coefficient (Wildman–Crippen LogP) is 3.31. The maximum absolute atomic E-state index is 13.1. The van der Waals surface area contributed by atoms with Crippen LogP contribution < -0.4 is 5.32 Å². The molecule has 9 heteroatoms. The first-order valence-corrected chi connectivity index (χ1v) is 9.26. The van der Waals surface area contributed by atoms with Gasteiger partial charge in [-0.1, -0.05) is 5.16 Å². The number of aromatic nitrogens is 3. The van der Waals surface area contributed by atoms with Crippen molar-refractivity contribution in [2.24, 2.45) is 0 Å². The average Bonchev–Trinajstić information content (AvgIpc) is 3.27. The SMILES string of the molecule is Cc1onc(-c2ccc(F)cn2)c1/C=C/c1ncc(C(=O)NC(C)(C)CO)s1. The van der Waals surface area contributed by atoms with Crippen LogP contribution in [0.1, 0.15) is 39.9 Å². The molecular formula is C19H19FN4O3S. The Labute approximate surface area is 164 Å². The van der Waals surface area contributed by atoms with Gasteiger partial charge in [0, 0.05) is 5.56 Å². The minimum absolute atomic E-state index is 0.169. The molecule has 3 aromatic rings. The Morgan fingerprint density at radius 3 is 2.79 bits per heavy atom. The number of pyridine rings is 1. The molecule has 0 aliphatic heterocycles. The number of carbonyl (C=O) groups excluding carboxylic acids is 1. The van der Waals surface area contributed by atoms with E-state index >= 15 is 0 Å². The molecule has 0 aromatic carbocycles. The second-order valence-corrected chi connectivity index (χ2v) is 7.82. The van der Waals surface area contributed by atoms with E-state index in [1.807, 2.05) is 0 Å². The van der Waals surface area contributed by atoms with E-state index in [0.29, 0.717) is 32.6 Å². The Morgan fingerprint density at radius 2 is 2.11 bits per heavy atom. The number of nitrogens with one attached hydrogen (secondary N) is 1. The van der Waals surface area contributed by atoms with E-state index in [9.17, 15) is 14.3 Å². The van der Waals surface area contributed by atoms with Gasteiger partial charge < -0.3 is 14.9 Å². The molecule has 28 heavy (non-hydrogen) atoms. The van der Waals surface area contributed by atoms with E-state index in [1.54, 1.807) is 32.9 Å². The lowest BCUT2D eigenvalue weighted by Gasteiger charge is -2.22. The van der Waals surface area contributed by atoms with E-state index in [-0.39, 0.29) is 12.5 Å². The largest absolute Gasteiger partial charge is 0.394 e. The van der Waals surface area contributed by atoms with Crippen molar-refractivity contribution >= 4 is 29.4 Å². The molecule has 3 heterocycles. The van der Waals surface area contributed by atoms with E-state index in [2.05, 4.69) is 20.4 Å². The number of nitrogens with zero attached hydrogens (tertiary/aromatic N) is 3. The van der Waals surface area contributed by atoms with Gasteiger partial charge >= 0.3 is 0 Å². The number of rotatable bonds is 6. The molecular weight excluding hydrogens is 383 g/mol. The molecule has 3 rings (SSSR count). The summed E-state index contributed by atoms with van der Waals surface area (Å²) in [5.41, 5.74) is 0.964. The zero-order valence-electron chi connectivity index (χ0n) is 15.6. The molecule has 2 N–H and O–H groups in total. The summed E-state index contributed by atoms with van der Waals surface area (Å²) in [4.78, 5) is 20.9. The number of aliphatic hydroxyl groups excluding tert-OH is 1. The second kappa shape index (κ2) is 7.99. The molecule has 0 radical (unpaired) electrons. The van der Waals surface area contributed by atoms with E-state index in [4.69, 9.17) is 4.52 Å². The summed E-state index contributed by atoms with van der Waals surface area (Å²) in [6, 6.07) is 2.83. The standard InChI is InChI=1S/C19H19FN4O3S/c1-11-13(17(24-27-11)14-6-4-12(20)8-21-14)5-7-16-22-9-15(28-16)18(26)23-19(2,3)10-25/h4-9,25H,10H2,1-3H3,(H,23,26)/b7-5+. The van der Waals surface area contributed by atoms with Gasteiger partial charge in [-0.25, -0.2) is 9.37 Å². The fourth-order valence-corrected chi connectivity index (χ4v) is 3.02. The smallest absolute Gasteiger partial charge is 0.263 e. The van der Waals surface area contributed by atoms with Gasteiger partial charge in [0.05, 0.1) is 30.2 Å². The van der Waals surface area contributed by atoms with Gasteiger partial charge in [0.2, 0.25) is 0 Å². The Hall–Kier alpha value is -2.91. The molecule has 146 valence electrons. The number of hydrogen-bond acceptors (Lipinski definition) is 7. The topological polar surface area (TPSA) is 101 Å². The highest BCUT2D eigenvalue weighted by Crippen LogP contribution is 2.26. The third kappa shape index (κ3) is 4.49. The molecule has 0 unspecified atom stereocenters. The highest BCUT2D eigenvalue weighted by atomic mass is 32.1. The molecule has 0 spiro atoms. The van der Waals surface area contributed by atoms with Crippen LogP contribution in [0, 0.1) is 12.7 Å². The third-order valence-electron chi connectivity index (χ3n) is 3.87. The molecule has 3 aromatic heterocycles. The predicted molar refractivity (Wildman–Crippen MR) is 104 cm³/mol. The van der Waals surface area contributed by atoms with Gasteiger partial charge in [0.25, 0.3) is 5.91 Å². The zero-order chi connectivity index (χ0) is 20.3. The molecule has 0 aliphatic rings. The van der Waals surface area contributed by atoms with Gasteiger partial charge in [-0.15, -0.1) is 11.3 Å². The van der Waals surface area contributed by atoms with Gasteiger partial charge in [0.15, 0.2) is 0 Å². The van der Waals surface area contributed by atoms with Gasteiger partial charge in [-0.05, 0) is 45.1 Å². The molecule has 0 atom stereocenters. The van der Waals surface area contributed by atoms with E-state index in [1.165, 1.54) is 29.7 Å². The molecule has 0 saturated heterocycles. The highest BCUT2D eigenvalue weighted by molar-refractivity contribution is 7.14. The lowest BCUT2D eigenvalue weighted by molar-refractivity contribution is 0.0873. The summed E-state index contributed by atoms with van der Waals surface area (Å²) in [7, 11) is 0. The van der Waals surface area contributed by atoms with Crippen LogP contribution in [0.3, 0.4) is 0 Å². The van der Waals surface area contributed by atoms with Gasteiger partial charge in [-0.3, -0.25) is 9.78 Å². The maximum Gasteiger partial charge on any atom is 0.263 e. The van der Waals surface area contributed by atoms with Crippen LogP contribution in [0.15, 0.2) is 29.0 Å². The molecule has 0 aliphatic carbocycles. The van der Waals surface area contributed by atoms with Crippen molar-refractivity contribution in [1.82, 2.24) is 20.4 Å². The third-order valence-corrected chi connectivity index (χ3v) is 4.83. The number of hydrogen-bond donors (Lipinski definition) is 2. The molecule has 0 fully saturated rings. The average molecular weight is 402 g/mol. The number of thiazole rings is 1. The first-order valence-electron chi connectivity index (χ1n) is 8.44. The van der Waals surface area contributed by atoms with Crippen molar-refractivity contribution in [3.05, 3.63) is 51.6 Å². The lowest BCUT2D eigenvalue weighted by atomic mass is 10.1. The molecule has 0 bridgehead atoms. The van der Waals surface area contributed by atoms with Crippen LogP contribution in [-0.2, 0) is 0 Å². The van der Waals surface area contributed by atoms with Crippen molar-refractivity contribution in [2.45, 2.75) is 26.3 Å². The number of amides is 1. The molecule has 7 nitrogen and oxygen atoms in total. The first kappa shape index (κ1) is 19.8. The summed E-state index contributed by atoms with van der Waals surface area (Å²) >= 11 is 1.22. The van der Waals surface area contributed by atoms with Crippen LogP contribution in [0.2, 0.25) is 0 Å². The number of aryl methyl sites for hydroxylation is 1. The monoisotopic (exact) mass is 402 g/mol. The van der Waals surface area contributed by atoms with Crippen LogP contribution in [0.25, 0.3) is 23.5 Å². The Balaban J connectivity index is 1.80. The van der Waals surface area contributed by atoms with E-state index < -0.39 is 11.4 Å². The second-order valence-electron chi connectivity index (χ2n) is 6.75. The van der Waals surface area contributed by atoms with Crippen molar-refractivity contribution in [3.63, 3.8) is 0 Å². The Bertz CT molecular complexity index is 1010. The number of carbonyl (C=O) groups is 1. The summed E-state index contributed by atoms with van der Waals surface area (Å²) in [6.45, 7) is 5.05. The minimum Gasteiger partial charge on any atom is -0.394 e. The number of aliphatic hydroxyl groups is 1. The fraction of sp³-hybridized carbons (Fsp3) is 0.263. The Kier molecular flexibility index (Phi) is 5.66. The van der Waals surface area contributed by atoms with Crippen molar-refractivity contribution in [3.8, 4) is 11.4 Å². The fourth-order valence-electron chi connectivity index (χ4n) is 2.31. The number of halogens is 1. The first-order chi connectivity index (χ1) is 13.3. The summed E-state index contributed by atoms with van der Waals surface area (Å²) in [5.74, 6) is -0.149. The summed E-state index contributed by atoms with van der Waals surface area (Å²) in [5, 5.41) is 16.6. The normalized spacial score (nSPS) is 11.9. The van der Waals surface area contributed by atoms with Crippen molar-refractivity contribution in [2.75, 3.05) is 6.61 Å². The van der Waals surface area contributed by atoms with Crippen LogP contribution in [-0.4, -0.2) is 38.3 Å². The summed E-state index contributed by atoms with van der Waals surface area (Å²) < 4.78 is 18.3. The van der Waals surface area contributed by atoms with Crippen LogP contribution in [0.4, 0.5) is 4.39 Å². The minimum atomic E-state index is -0.715.